The van der Waals surface area contributed by atoms with E-state index >= 15 is 0 Å². The Bertz CT molecular complexity index is 111. The molecule has 0 atom stereocenters. The van der Waals surface area contributed by atoms with E-state index in [-0.39, 0.29) is 6.61 Å². The van der Waals surface area contributed by atoms with Crippen LogP contribution in [-0.2, 0) is 4.74 Å². The summed E-state index contributed by atoms with van der Waals surface area (Å²) in [5, 5.41) is 8.33. The number of aliphatic hydroxyl groups is 1. The van der Waals surface area contributed by atoms with Crippen molar-refractivity contribution in [1.82, 2.24) is 0 Å². The van der Waals surface area contributed by atoms with Crippen LogP contribution in [0.5, 0.6) is 0 Å². The van der Waals surface area contributed by atoms with Gasteiger partial charge in [0.15, 0.2) is 0 Å². The molecular formula is C7H12O2. The summed E-state index contributed by atoms with van der Waals surface area (Å²) in [7, 11) is 0. The fourth-order valence-electron chi connectivity index (χ4n) is 0.342. The zero-order valence-electron chi connectivity index (χ0n) is 5.85. The van der Waals surface area contributed by atoms with Gasteiger partial charge in [0.25, 0.3) is 0 Å². The second-order valence-corrected chi connectivity index (χ2v) is 2.23. The highest BCUT2D eigenvalue weighted by Crippen LogP contribution is 2.04. The summed E-state index contributed by atoms with van der Waals surface area (Å²) >= 11 is 0. The molecule has 0 amide bonds. The maximum Gasteiger partial charge on any atom is 0.122 e. The van der Waals surface area contributed by atoms with Crippen LogP contribution in [0.1, 0.15) is 13.8 Å². The fraction of sp³-hybridized carbons (Fsp3) is 0.714. The summed E-state index contributed by atoms with van der Waals surface area (Å²) < 4.78 is 5.04. The van der Waals surface area contributed by atoms with Gasteiger partial charge in [0.2, 0.25) is 0 Å². The second kappa shape index (κ2) is 3.49. The van der Waals surface area contributed by atoms with Crippen LogP contribution >= 0.6 is 0 Å². The molecule has 0 heterocycles. The van der Waals surface area contributed by atoms with Gasteiger partial charge in [-0.3, -0.25) is 0 Å². The van der Waals surface area contributed by atoms with Crippen LogP contribution < -0.4 is 0 Å². The zero-order valence-corrected chi connectivity index (χ0v) is 5.85. The van der Waals surface area contributed by atoms with Gasteiger partial charge in [0.1, 0.15) is 5.60 Å². The van der Waals surface area contributed by atoms with Crippen LogP contribution in [0.25, 0.3) is 0 Å². The van der Waals surface area contributed by atoms with E-state index in [0.29, 0.717) is 6.61 Å². The van der Waals surface area contributed by atoms with Crippen LogP contribution in [0.3, 0.4) is 0 Å². The molecule has 0 saturated heterocycles. The largest absolute Gasteiger partial charge is 0.394 e. The van der Waals surface area contributed by atoms with Gasteiger partial charge in [0, 0.05) is 0 Å². The molecule has 0 aliphatic carbocycles. The van der Waals surface area contributed by atoms with E-state index in [4.69, 9.17) is 16.3 Å². The van der Waals surface area contributed by atoms with Crippen molar-refractivity contribution in [3.8, 4) is 12.3 Å². The molecule has 1 N–H and O–H groups in total. The van der Waals surface area contributed by atoms with E-state index in [9.17, 15) is 0 Å². The molecule has 0 bridgehead atoms. The summed E-state index contributed by atoms with van der Waals surface area (Å²) in [4.78, 5) is 0. The molecular weight excluding hydrogens is 116 g/mol. The van der Waals surface area contributed by atoms with Crippen molar-refractivity contribution < 1.29 is 9.84 Å². The monoisotopic (exact) mass is 128 g/mol. The molecule has 0 aromatic carbocycles. The predicted molar refractivity (Wildman–Crippen MR) is 35.9 cm³/mol. The number of ether oxygens (including phenoxy) is 1. The van der Waals surface area contributed by atoms with Gasteiger partial charge >= 0.3 is 0 Å². The first-order valence-corrected chi connectivity index (χ1v) is 2.85. The lowest BCUT2D eigenvalue weighted by atomic mass is 10.1. The van der Waals surface area contributed by atoms with Crippen molar-refractivity contribution in [3.05, 3.63) is 0 Å². The van der Waals surface area contributed by atoms with Crippen LogP contribution in [0, 0.1) is 12.3 Å². The van der Waals surface area contributed by atoms with E-state index in [0.717, 1.165) is 0 Å². The van der Waals surface area contributed by atoms with E-state index in [2.05, 4.69) is 5.92 Å². The van der Waals surface area contributed by atoms with Crippen molar-refractivity contribution in [3.63, 3.8) is 0 Å². The Hall–Kier alpha value is -0.520. The van der Waals surface area contributed by atoms with Gasteiger partial charge in [-0.15, -0.1) is 6.42 Å². The Morgan fingerprint density at radius 2 is 2.22 bits per heavy atom. The van der Waals surface area contributed by atoms with Gasteiger partial charge in [-0.05, 0) is 13.8 Å². The third kappa shape index (κ3) is 4.01. The molecule has 0 aromatic heterocycles. The quantitative estimate of drug-likeness (QED) is 0.558. The normalized spacial score (nSPS) is 10.9. The predicted octanol–water partition coefficient (Wildman–Crippen LogP) is 0.407. The van der Waals surface area contributed by atoms with Crippen molar-refractivity contribution in [1.29, 1.82) is 0 Å². The topological polar surface area (TPSA) is 29.5 Å². The van der Waals surface area contributed by atoms with Crippen LogP contribution in [0.15, 0.2) is 0 Å². The molecule has 0 spiro atoms. The van der Waals surface area contributed by atoms with E-state index in [1.165, 1.54) is 0 Å². The van der Waals surface area contributed by atoms with Crippen molar-refractivity contribution in [2.45, 2.75) is 19.4 Å². The highest BCUT2D eigenvalue weighted by atomic mass is 16.5. The summed E-state index contributed by atoms with van der Waals surface area (Å²) in [6.07, 6.45) is 5.09. The minimum atomic E-state index is -0.539. The molecule has 2 heteroatoms. The molecule has 2 nitrogen and oxygen atoms in total. The highest BCUT2D eigenvalue weighted by Gasteiger charge is 2.12. The van der Waals surface area contributed by atoms with Gasteiger partial charge in [-0.1, -0.05) is 5.92 Å². The lowest BCUT2D eigenvalue weighted by molar-refractivity contribution is 0.00614. The SMILES string of the molecule is C#CC(C)(C)OCCO. The molecule has 0 aromatic rings. The Labute approximate surface area is 55.8 Å². The first kappa shape index (κ1) is 8.48. The minimum Gasteiger partial charge on any atom is -0.394 e. The third-order valence-electron chi connectivity index (χ3n) is 0.902. The first-order valence-electron chi connectivity index (χ1n) is 2.85. The number of hydrogen-bond donors (Lipinski definition) is 1. The molecule has 0 aliphatic heterocycles. The molecule has 52 valence electrons. The number of aliphatic hydroxyl groups excluding tert-OH is 1. The van der Waals surface area contributed by atoms with Crippen LogP contribution in [0.4, 0.5) is 0 Å². The van der Waals surface area contributed by atoms with Crippen molar-refractivity contribution in [2.24, 2.45) is 0 Å². The summed E-state index contributed by atoms with van der Waals surface area (Å²) in [6, 6.07) is 0. The van der Waals surface area contributed by atoms with E-state index < -0.39 is 5.60 Å². The Kier molecular flexibility index (Phi) is 3.29. The molecule has 0 fully saturated rings. The Morgan fingerprint density at radius 1 is 1.67 bits per heavy atom. The van der Waals surface area contributed by atoms with Gasteiger partial charge < -0.3 is 9.84 Å². The highest BCUT2D eigenvalue weighted by molar-refractivity contribution is 5.02. The summed E-state index contributed by atoms with van der Waals surface area (Å²) in [5.41, 5.74) is -0.539. The summed E-state index contributed by atoms with van der Waals surface area (Å²) in [5.74, 6) is 2.44. The molecule has 9 heavy (non-hydrogen) atoms. The Morgan fingerprint density at radius 3 is 2.56 bits per heavy atom. The molecule has 0 unspecified atom stereocenters. The maximum absolute atomic E-state index is 8.33. The standard InChI is InChI=1S/C7H12O2/c1-4-7(2,3)9-6-5-8/h1,8H,5-6H2,2-3H3. The minimum absolute atomic E-state index is 0.0190. The Balaban J connectivity index is 3.49. The van der Waals surface area contributed by atoms with E-state index in [1.807, 2.05) is 0 Å². The fourth-order valence-corrected chi connectivity index (χ4v) is 0.342. The average Bonchev–Trinajstić information content (AvgIpc) is 1.84. The number of terminal acetylenes is 1. The maximum atomic E-state index is 8.33. The molecule has 0 radical (unpaired) electrons. The second-order valence-electron chi connectivity index (χ2n) is 2.23. The van der Waals surface area contributed by atoms with Crippen LogP contribution in [0.2, 0.25) is 0 Å². The number of rotatable bonds is 3. The van der Waals surface area contributed by atoms with Gasteiger partial charge in [-0.25, -0.2) is 0 Å². The smallest absolute Gasteiger partial charge is 0.122 e. The third-order valence-corrected chi connectivity index (χ3v) is 0.902. The molecule has 0 rings (SSSR count). The summed E-state index contributed by atoms with van der Waals surface area (Å²) in [6.45, 7) is 3.88. The van der Waals surface area contributed by atoms with Crippen molar-refractivity contribution >= 4 is 0 Å². The van der Waals surface area contributed by atoms with E-state index in [1.54, 1.807) is 13.8 Å². The molecule has 0 saturated carbocycles. The number of hydrogen-bond acceptors (Lipinski definition) is 2. The molecule has 0 aliphatic rings. The van der Waals surface area contributed by atoms with Crippen molar-refractivity contribution in [2.75, 3.05) is 13.2 Å². The van der Waals surface area contributed by atoms with Gasteiger partial charge in [-0.2, -0.15) is 0 Å². The van der Waals surface area contributed by atoms with Gasteiger partial charge in [0.05, 0.1) is 13.2 Å². The first-order chi connectivity index (χ1) is 4.12. The zero-order chi connectivity index (χ0) is 7.33. The lowest BCUT2D eigenvalue weighted by Gasteiger charge is -2.16. The lowest BCUT2D eigenvalue weighted by Crippen LogP contribution is -2.23. The average molecular weight is 128 g/mol. The van der Waals surface area contributed by atoms with Crippen LogP contribution in [-0.4, -0.2) is 23.9 Å².